The van der Waals surface area contributed by atoms with Crippen LogP contribution in [-0.4, -0.2) is 17.8 Å². The number of esters is 1. The number of halogens is 3. The van der Waals surface area contributed by atoms with Crippen LogP contribution in [0.1, 0.15) is 33.2 Å². The third-order valence-electron chi connectivity index (χ3n) is 4.24. The molecule has 3 aromatic carbocycles. The van der Waals surface area contributed by atoms with Gasteiger partial charge in [-0.25, -0.2) is 0 Å². The topological polar surface area (TPSA) is 84.5 Å². The fourth-order valence-electron chi connectivity index (χ4n) is 2.83. The highest BCUT2D eigenvalue weighted by Gasteiger charge is 2.34. The van der Waals surface area contributed by atoms with Crippen LogP contribution in [0.25, 0.3) is 0 Å². The van der Waals surface area contributed by atoms with Crippen LogP contribution in [0.2, 0.25) is 0 Å². The molecular weight excluding hydrogens is 425 g/mol. The predicted octanol–water partition coefficient (Wildman–Crippen LogP) is 5.14. The molecule has 0 aliphatic carbocycles. The van der Waals surface area contributed by atoms with Gasteiger partial charge in [0, 0.05) is 23.9 Å². The van der Waals surface area contributed by atoms with E-state index in [0.29, 0.717) is 5.69 Å². The van der Waals surface area contributed by atoms with Gasteiger partial charge in [0.1, 0.15) is 5.75 Å². The highest BCUT2D eigenvalue weighted by molar-refractivity contribution is 6.06. The minimum atomic E-state index is -4.66. The highest BCUT2D eigenvalue weighted by atomic mass is 19.4. The normalized spacial score (nSPS) is 10.9. The molecule has 32 heavy (non-hydrogen) atoms. The van der Waals surface area contributed by atoms with E-state index in [-0.39, 0.29) is 17.0 Å². The summed E-state index contributed by atoms with van der Waals surface area (Å²) in [7, 11) is 0. The minimum Gasteiger partial charge on any atom is -0.427 e. The lowest BCUT2D eigenvalue weighted by atomic mass is 10.1. The molecule has 2 amide bonds. The van der Waals surface area contributed by atoms with E-state index >= 15 is 0 Å². The van der Waals surface area contributed by atoms with Gasteiger partial charge >= 0.3 is 12.1 Å². The van der Waals surface area contributed by atoms with Gasteiger partial charge in [0.05, 0.1) is 11.1 Å². The van der Waals surface area contributed by atoms with Crippen LogP contribution in [0.5, 0.6) is 5.75 Å². The number of ether oxygens (including phenoxy) is 1. The number of alkyl halides is 3. The minimum absolute atomic E-state index is 0.224. The summed E-state index contributed by atoms with van der Waals surface area (Å²) in [5.74, 6) is -1.66. The summed E-state index contributed by atoms with van der Waals surface area (Å²) >= 11 is 0. The number of amides is 2. The first-order valence-electron chi connectivity index (χ1n) is 9.31. The van der Waals surface area contributed by atoms with Gasteiger partial charge in [0.2, 0.25) is 0 Å². The molecule has 0 atom stereocenters. The lowest BCUT2D eigenvalue weighted by molar-refractivity contribution is -0.138. The first-order chi connectivity index (χ1) is 15.1. The fourth-order valence-corrected chi connectivity index (χ4v) is 2.83. The summed E-state index contributed by atoms with van der Waals surface area (Å²) < 4.78 is 44.3. The molecule has 0 saturated heterocycles. The average molecular weight is 442 g/mol. The largest absolute Gasteiger partial charge is 0.427 e. The molecular formula is C23H17F3N2O4. The van der Waals surface area contributed by atoms with Crippen LogP contribution >= 0.6 is 0 Å². The number of hydrogen-bond acceptors (Lipinski definition) is 4. The molecule has 0 bridgehead atoms. The Labute approximate surface area is 181 Å². The second-order valence-corrected chi connectivity index (χ2v) is 6.65. The molecule has 0 aromatic heterocycles. The van der Waals surface area contributed by atoms with Crippen LogP contribution in [0, 0.1) is 0 Å². The molecule has 0 aliphatic rings. The number of rotatable bonds is 5. The maximum Gasteiger partial charge on any atom is 0.417 e. The van der Waals surface area contributed by atoms with Gasteiger partial charge in [0.15, 0.2) is 0 Å². The van der Waals surface area contributed by atoms with E-state index in [1.165, 1.54) is 61.5 Å². The molecule has 3 aromatic rings. The van der Waals surface area contributed by atoms with Gasteiger partial charge in [-0.1, -0.05) is 18.2 Å². The first-order valence-corrected chi connectivity index (χ1v) is 9.31. The van der Waals surface area contributed by atoms with E-state index in [4.69, 9.17) is 4.74 Å². The number of hydrogen-bond donors (Lipinski definition) is 2. The van der Waals surface area contributed by atoms with Crippen molar-refractivity contribution in [2.45, 2.75) is 13.1 Å². The Balaban J connectivity index is 1.68. The standard InChI is InChI=1S/C23H17F3N2O4/c1-14(29)32-18-6-4-5-15(13-18)21(30)27-16-9-11-17(12-10-16)28-22(31)19-7-2-3-8-20(19)23(24,25)26/h2-13H,1H3,(H,27,30)(H,28,31). The molecule has 0 aliphatic heterocycles. The van der Waals surface area contributed by atoms with Gasteiger partial charge in [-0.05, 0) is 54.6 Å². The van der Waals surface area contributed by atoms with Gasteiger partial charge in [-0.3, -0.25) is 14.4 Å². The van der Waals surface area contributed by atoms with Crippen LogP contribution in [0.3, 0.4) is 0 Å². The zero-order chi connectivity index (χ0) is 23.3. The fraction of sp³-hybridized carbons (Fsp3) is 0.0870. The van der Waals surface area contributed by atoms with E-state index in [2.05, 4.69) is 10.6 Å². The molecule has 164 valence electrons. The van der Waals surface area contributed by atoms with Crippen molar-refractivity contribution >= 4 is 29.2 Å². The first kappa shape index (κ1) is 22.5. The van der Waals surface area contributed by atoms with Crippen LogP contribution < -0.4 is 15.4 Å². The summed E-state index contributed by atoms with van der Waals surface area (Å²) in [5, 5.41) is 5.05. The molecule has 0 radical (unpaired) electrons. The van der Waals surface area contributed by atoms with Crippen molar-refractivity contribution < 1.29 is 32.3 Å². The molecule has 0 heterocycles. The van der Waals surface area contributed by atoms with Gasteiger partial charge < -0.3 is 15.4 Å². The van der Waals surface area contributed by atoms with Crippen molar-refractivity contribution in [2.24, 2.45) is 0 Å². The average Bonchev–Trinajstić information content (AvgIpc) is 2.74. The molecule has 6 nitrogen and oxygen atoms in total. The molecule has 3 rings (SSSR count). The Morgan fingerprint density at radius 3 is 1.97 bits per heavy atom. The van der Waals surface area contributed by atoms with Crippen molar-refractivity contribution in [1.82, 2.24) is 0 Å². The van der Waals surface area contributed by atoms with E-state index < -0.39 is 35.1 Å². The molecule has 0 fully saturated rings. The van der Waals surface area contributed by atoms with Crippen molar-refractivity contribution in [3.05, 3.63) is 89.5 Å². The highest BCUT2D eigenvalue weighted by Crippen LogP contribution is 2.32. The van der Waals surface area contributed by atoms with Crippen LogP contribution in [0.15, 0.2) is 72.8 Å². The molecule has 0 spiro atoms. The number of nitrogens with one attached hydrogen (secondary N) is 2. The summed E-state index contributed by atoms with van der Waals surface area (Å²) in [6.45, 7) is 1.24. The second-order valence-electron chi connectivity index (χ2n) is 6.65. The van der Waals surface area contributed by atoms with E-state index in [9.17, 15) is 27.6 Å². The third kappa shape index (κ3) is 5.72. The Kier molecular flexibility index (Phi) is 6.58. The Hall–Kier alpha value is -4.14. The summed E-state index contributed by atoms with van der Waals surface area (Å²) in [6, 6.07) is 16.4. The summed E-state index contributed by atoms with van der Waals surface area (Å²) in [4.78, 5) is 35.8. The molecule has 9 heteroatoms. The van der Waals surface area contributed by atoms with Gasteiger partial charge in [0.25, 0.3) is 11.8 Å². The van der Waals surface area contributed by atoms with Crippen molar-refractivity contribution in [2.75, 3.05) is 10.6 Å². The smallest absolute Gasteiger partial charge is 0.417 e. The van der Waals surface area contributed by atoms with Crippen molar-refractivity contribution in [3.63, 3.8) is 0 Å². The summed E-state index contributed by atoms with van der Waals surface area (Å²) in [6.07, 6.45) is -4.66. The number of carbonyl (C=O) groups excluding carboxylic acids is 3. The second kappa shape index (κ2) is 9.34. The van der Waals surface area contributed by atoms with Crippen molar-refractivity contribution in [1.29, 1.82) is 0 Å². The monoisotopic (exact) mass is 442 g/mol. The van der Waals surface area contributed by atoms with E-state index in [1.54, 1.807) is 6.07 Å². The summed E-state index contributed by atoms with van der Waals surface area (Å²) in [5.41, 5.74) is -0.629. The van der Waals surface area contributed by atoms with Crippen LogP contribution in [-0.2, 0) is 11.0 Å². The molecule has 2 N–H and O–H groups in total. The maximum absolute atomic E-state index is 13.1. The number of benzene rings is 3. The Morgan fingerprint density at radius 1 is 0.781 bits per heavy atom. The Morgan fingerprint density at radius 2 is 1.38 bits per heavy atom. The van der Waals surface area contributed by atoms with Gasteiger partial charge in [-0.2, -0.15) is 13.2 Å². The predicted molar refractivity (Wildman–Crippen MR) is 112 cm³/mol. The molecule has 0 saturated carbocycles. The zero-order valence-electron chi connectivity index (χ0n) is 16.7. The third-order valence-corrected chi connectivity index (χ3v) is 4.24. The Bertz CT molecular complexity index is 1160. The van der Waals surface area contributed by atoms with Gasteiger partial charge in [-0.15, -0.1) is 0 Å². The lowest BCUT2D eigenvalue weighted by Gasteiger charge is -2.13. The molecule has 0 unspecified atom stereocenters. The van der Waals surface area contributed by atoms with Crippen molar-refractivity contribution in [3.8, 4) is 5.75 Å². The van der Waals surface area contributed by atoms with Crippen LogP contribution in [0.4, 0.5) is 24.5 Å². The maximum atomic E-state index is 13.1. The SMILES string of the molecule is CC(=O)Oc1cccc(C(=O)Nc2ccc(NC(=O)c3ccccc3C(F)(F)F)cc2)c1. The van der Waals surface area contributed by atoms with E-state index in [0.717, 1.165) is 12.1 Å². The quantitative estimate of drug-likeness (QED) is 0.424. The number of anilines is 2. The number of carbonyl (C=O) groups is 3. The van der Waals surface area contributed by atoms with E-state index in [1.807, 2.05) is 0 Å². The zero-order valence-corrected chi connectivity index (χ0v) is 16.7. The lowest BCUT2D eigenvalue weighted by Crippen LogP contribution is -2.18.